The quantitative estimate of drug-likeness (QED) is 0.850. The highest BCUT2D eigenvalue weighted by Gasteiger charge is 2.08. The van der Waals surface area contributed by atoms with Crippen molar-refractivity contribution in [3.8, 4) is 5.88 Å². The minimum absolute atomic E-state index is 0.431. The predicted molar refractivity (Wildman–Crippen MR) is 78.6 cm³/mol. The molecule has 0 saturated heterocycles. The van der Waals surface area contributed by atoms with E-state index in [0.717, 1.165) is 6.42 Å². The lowest BCUT2D eigenvalue weighted by atomic mass is 10.3. The van der Waals surface area contributed by atoms with Crippen molar-refractivity contribution in [3.05, 3.63) is 28.2 Å². The van der Waals surface area contributed by atoms with Crippen LogP contribution in [0.4, 0.5) is 11.5 Å². The fourth-order valence-electron chi connectivity index (χ4n) is 1.65. The molecule has 2 rings (SSSR count). The van der Waals surface area contributed by atoms with E-state index in [9.17, 15) is 0 Å². The molecule has 0 radical (unpaired) electrons. The number of nitrogen functional groups attached to an aromatic ring is 1. The van der Waals surface area contributed by atoms with Crippen LogP contribution in [0.5, 0.6) is 5.88 Å². The number of nitrogens with zero attached hydrogens (tertiary/aromatic N) is 2. The highest BCUT2D eigenvalue weighted by molar-refractivity contribution is 7.12. The lowest BCUT2D eigenvalue weighted by Crippen LogP contribution is -2.07. The number of hydrogen-bond acceptors (Lipinski definition) is 6. The van der Waals surface area contributed by atoms with Crippen LogP contribution in [-0.2, 0) is 13.0 Å². The van der Waals surface area contributed by atoms with E-state index in [4.69, 9.17) is 10.5 Å². The van der Waals surface area contributed by atoms with E-state index in [0.29, 0.717) is 30.5 Å². The van der Waals surface area contributed by atoms with Gasteiger partial charge >= 0.3 is 0 Å². The van der Waals surface area contributed by atoms with Gasteiger partial charge < -0.3 is 15.8 Å². The van der Waals surface area contributed by atoms with Crippen LogP contribution in [0, 0.1) is 0 Å². The molecular weight excluding hydrogens is 260 g/mol. The third-order valence-corrected chi connectivity index (χ3v) is 3.85. The van der Waals surface area contributed by atoms with Gasteiger partial charge in [0.1, 0.15) is 12.0 Å². The molecular formula is C13H18N4OS. The summed E-state index contributed by atoms with van der Waals surface area (Å²) < 4.78 is 5.34. The van der Waals surface area contributed by atoms with E-state index < -0.39 is 0 Å². The minimum atomic E-state index is 0.431. The molecule has 0 saturated carbocycles. The second-order valence-corrected chi connectivity index (χ2v) is 5.20. The van der Waals surface area contributed by atoms with E-state index in [-0.39, 0.29) is 0 Å². The number of anilines is 2. The number of thiophene rings is 1. The van der Waals surface area contributed by atoms with E-state index in [1.165, 1.54) is 16.1 Å². The Morgan fingerprint density at radius 3 is 2.74 bits per heavy atom. The lowest BCUT2D eigenvalue weighted by Gasteiger charge is -2.10. The van der Waals surface area contributed by atoms with E-state index in [1.807, 2.05) is 6.92 Å². The smallest absolute Gasteiger partial charge is 0.242 e. The minimum Gasteiger partial charge on any atom is -0.476 e. The molecule has 6 heteroatoms. The molecule has 0 aliphatic carbocycles. The summed E-state index contributed by atoms with van der Waals surface area (Å²) in [6, 6.07) is 4.27. The normalized spacial score (nSPS) is 10.4. The zero-order valence-electron chi connectivity index (χ0n) is 11.1. The molecule has 0 amide bonds. The van der Waals surface area contributed by atoms with Crippen LogP contribution in [0.25, 0.3) is 0 Å². The summed E-state index contributed by atoms with van der Waals surface area (Å²) in [7, 11) is 0. The third-order valence-electron chi connectivity index (χ3n) is 2.62. The number of nitrogens with two attached hydrogens (primary N) is 1. The summed E-state index contributed by atoms with van der Waals surface area (Å²) in [6.07, 6.45) is 2.52. The average molecular weight is 278 g/mol. The number of rotatable bonds is 6. The van der Waals surface area contributed by atoms with Crippen LogP contribution in [0.1, 0.15) is 23.6 Å². The van der Waals surface area contributed by atoms with Gasteiger partial charge in [-0.3, -0.25) is 0 Å². The molecule has 0 atom stereocenters. The zero-order chi connectivity index (χ0) is 13.7. The van der Waals surface area contributed by atoms with Crippen LogP contribution in [0.3, 0.4) is 0 Å². The molecule has 0 bridgehead atoms. The Balaban J connectivity index is 2.04. The molecule has 5 nitrogen and oxygen atoms in total. The largest absolute Gasteiger partial charge is 0.476 e. The van der Waals surface area contributed by atoms with Gasteiger partial charge in [0, 0.05) is 9.75 Å². The third kappa shape index (κ3) is 3.35. The molecule has 0 aliphatic heterocycles. The molecule has 102 valence electrons. The maximum Gasteiger partial charge on any atom is 0.242 e. The van der Waals surface area contributed by atoms with Gasteiger partial charge in [-0.25, -0.2) is 4.98 Å². The fourth-order valence-corrected chi connectivity index (χ4v) is 2.55. The molecule has 0 unspecified atom stereocenters. The SMILES string of the molecule is CCOc1ncnc(NCc2ccc(CC)s2)c1N. The number of aromatic nitrogens is 2. The molecule has 3 N–H and O–H groups in total. The first-order valence-corrected chi connectivity index (χ1v) is 7.11. The maximum absolute atomic E-state index is 5.96. The Kier molecular flexibility index (Phi) is 4.57. The summed E-state index contributed by atoms with van der Waals surface area (Å²) in [5, 5.41) is 3.22. The monoisotopic (exact) mass is 278 g/mol. The van der Waals surface area contributed by atoms with Gasteiger partial charge in [-0.2, -0.15) is 4.98 Å². The average Bonchev–Trinajstić information content (AvgIpc) is 2.88. The predicted octanol–water partition coefficient (Wildman–Crippen LogP) is 2.69. The van der Waals surface area contributed by atoms with Crippen molar-refractivity contribution in [2.24, 2.45) is 0 Å². The van der Waals surface area contributed by atoms with Gasteiger partial charge in [0.15, 0.2) is 5.82 Å². The highest BCUT2D eigenvalue weighted by Crippen LogP contribution is 2.25. The Labute approximate surface area is 116 Å². The van der Waals surface area contributed by atoms with Crippen LogP contribution < -0.4 is 15.8 Å². The van der Waals surface area contributed by atoms with Crippen molar-refractivity contribution in [1.82, 2.24) is 9.97 Å². The van der Waals surface area contributed by atoms with Crippen molar-refractivity contribution in [3.63, 3.8) is 0 Å². The molecule has 2 heterocycles. The van der Waals surface area contributed by atoms with Crippen LogP contribution in [0.15, 0.2) is 18.5 Å². The van der Waals surface area contributed by atoms with Crippen LogP contribution in [0.2, 0.25) is 0 Å². The fraction of sp³-hybridized carbons (Fsp3) is 0.385. The van der Waals surface area contributed by atoms with Crippen molar-refractivity contribution in [1.29, 1.82) is 0 Å². The van der Waals surface area contributed by atoms with E-state index >= 15 is 0 Å². The summed E-state index contributed by atoms with van der Waals surface area (Å²) in [4.78, 5) is 10.8. The summed E-state index contributed by atoms with van der Waals surface area (Å²) in [6.45, 7) is 5.29. The maximum atomic E-state index is 5.96. The summed E-state index contributed by atoms with van der Waals surface area (Å²) in [5.74, 6) is 1.05. The van der Waals surface area contributed by atoms with Gasteiger partial charge in [-0.1, -0.05) is 6.92 Å². The molecule has 2 aromatic heterocycles. The molecule has 0 aromatic carbocycles. The van der Waals surface area contributed by atoms with Crippen molar-refractivity contribution in [2.45, 2.75) is 26.8 Å². The van der Waals surface area contributed by atoms with Crippen LogP contribution in [-0.4, -0.2) is 16.6 Å². The van der Waals surface area contributed by atoms with Crippen LogP contribution >= 0.6 is 11.3 Å². The number of aryl methyl sites for hydroxylation is 1. The van der Waals surface area contributed by atoms with Gasteiger partial charge in [0.25, 0.3) is 0 Å². The number of hydrogen-bond donors (Lipinski definition) is 2. The Hall–Kier alpha value is -1.82. The van der Waals surface area contributed by atoms with Crippen molar-refractivity contribution in [2.75, 3.05) is 17.7 Å². The molecule has 0 fully saturated rings. The second-order valence-electron chi connectivity index (χ2n) is 3.95. The topological polar surface area (TPSA) is 73.1 Å². The van der Waals surface area contributed by atoms with Gasteiger partial charge in [0.05, 0.1) is 13.2 Å². The first-order chi connectivity index (χ1) is 9.24. The first kappa shape index (κ1) is 13.6. The standard InChI is InChI=1S/C13H18N4OS/c1-3-9-5-6-10(19-9)7-15-12-11(14)13(18-4-2)17-8-16-12/h5-6,8H,3-4,7,14H2,1-2H3,(H,15,16,17). The van der Waals surface area contributed by atoms with Gasteiger partial charge in [-0.15, -0.1) is 11.3 Å². The number of ether oxygens (including phenoxy) is 1. The zero-order valence-corrected chi connectivity index (χ0v) is 12.0. The first-order valence-electron chi connectivity index (χ1n) is 6.29. The Bertz CT molecular complexity index is 541. The van der Waals surface area contributed by atoms with E-state index in [1.54, 1.807) is 11.3 Å². The lowest BCUT2D eigenvalue weighted by molar-refractivity contribution is 0.328. The molecule has 0 aliphatic rings. The molecule has 2 aromatic rings. The van der Waals surface area contributed by atoms with Crippen molar-refractivity contribution >= 4 is 22.8 Å². The second kappa shape index (κ2) is 6.38. The Morgan fingerprint density at radius 1 is 1.26 bits per heavy atom. The molecule has 0 spiro atoms. The highest BCUT2D eigenvalue weighted by atomic mass is 32.1. The Morgan fingerprint density at radius 2 is 2.05 bits per heavy atom. The van der Waals surface area contributed by atoms with Gasteiger partial charge in [-0.05, 0) is 25.5 Å². The summed E-state index contributed by atoms with van der Waals surface area (Å²) >= 11 is 1.79. The number of nitrogens with one attached hydrogen (secondary N) is 1. The van der Waals surface area contributed by atoms with E-state index in [2.05, 4.69) is 34.3 Å². The molecule has 19 heavy (non-hydrogen) atoms. The summed E-state index contributed by atoms with van der Waals surface area (Å²) in [5.41, 5.74) is 6.41. The van der Waals surface area contributed by atoms with Gasteiger partial charge in [0.2, 0.25) is 5.88 Å². The van der Waals surface area contributed by atoms with Crippen molar-refractivity contribution < 1.29 is 4.74 Å².